The molecule has 1 fully saturated rings. The molecule has 0 unspecified atom stereocenters. The first kappa shape index (κ1) is 18.4. The van der Waals surface area contributed by atoms with Gasteiger partial charge in [0.05, 0.1) is 0 Å². The lowest BCUT2D eigenvalue weighted by atomic mass is 9.87. The molecule has 0 saturated carbocycles. The molecule has 0 radical (unpaired) electrons. The third kappa shape index (κ3) is 3.94. The third-order valence-corrected chi connectivity index (χ3v) is 4.41. The number of amides is 1. The van der Waals surface area contributed by atoms with E-state index in [9.17, 15) is 9.18 Å². The highest BCUT2D eigenvalue weighted by Crippen LogP contribution is 2.27. The van der Waals surface area contributed by atoms with Crippen LogP contribution in [0.15, 0.2) is 42.7 Å². The summed E-state index contributed by atoms with van der Waals surface area (Å²) in [6.45, 7) is 2.12. The highest BCUT2D eigenvalue weighted by molar-refractivity contribution is 5.85. The van der Waals surface area contributed by atoms with Crippen LogP contribution in [-0.2, 0) is 16.8 Å². The second-order valence-corrected chi connectivity index (χ2v) is 5.86. The Balaban J connectivity index is 0.00000208. The largest absolute Gasteiger partial charge is 0.354 e. The molecule has 0 aliphatic carbocycles. The van der Waals surface area contributed by atoms with E-state index in [-0.39, 0.29) is 24.1 Å². The molecule has 7 heteroatoms. The van der Waals surface area contributed by atoms with Gasteiger partial charge in [-0.1, -0.05) is 12.1 Å². The minimum absolute atomic E-state index is 0. The maximum Gasteiger partial charge on any atom is 0.248 e. The number of benzene rings is 1. The number of piperidine rings is 1. The zero-order valence-corrected chi connectivity index (χ0v) is 14.2. The number of carbonyl (C=O) groups is 1. The maximum absolute atomic E-state index is 12.9. The number of carbonyl (C=O) groups excluding carboxylic acids is 1. The molecule has 130 valence electrons. The lowest BCUT2D eigenvalue weighted by Gasteiger charge is -2.36. The van der Waals surface area contributed by atoms with Gasteiger partial charge < -0.3 is 10.6 Å². The van der Waals surface area contributed by atoms with E-state index in [1.165, 1.54) is 12.1 Å². The summed E-state index contributed by atoms with van der Waals surface area (Å²) in [5.74, 6) is -0.241. The van der Waals surface area contributed by atoms with Gasteiger partial charge in [0.1, 0.15) is 11.4 Å². The molecular formula is C17H22ClFN4O. The van der Waals surface area contributed by atoms with Crippen LogP contribution in [-0.4, -0.2) is 35.3 Å². The quantitative estimate of drug-likeness (QED) is 0.863. The molecule has 1 amide bonds. The van der Waals surface area contributed by atoms with Crippen LogP contribution in [0.1, 0.15) is 18.4 Å². The van der Waals surface area contributed by atoms with Gasteiger partial charge in [-0.25, -0.2) is 4.39 Å². The molecule has 0 atom stereocenters. The fourth-order valence-electron chi connectivity index (χ4n) is 3.06. The van der Waals surface area contributed by atoms with Crippen molar-refractivity contribution >= 4 is 18.3 Å². The molecule has 0 spiro atoms. The summed E-state index contributed by atoms with van der Waals surface area (Å²) in [5.41, 5.74) is 0.391. The third-order valence-electron chi connectivity index (χ3n) is 4.41. The van der Waals surface area contributed by atoms with Crippen molar-refractivity contribution in [2.45, 2.75) is 24.8 Å². The fraction of sp³-hybridized carbons (Fsp3) is 0.412. The Morgan fingerprint density at radius 2 is 2.00 bits per heavy atom. The standard InChI is InChI=1S/C17H21FN4O.ClH/c18-15-4-2-14(3-5-15)6-10-20-16(23)17(7-11-19-12-8-17)22-13-1-9-21-22;/h1-5,9,13,19H,6-8,10-12H2,(H,20,23);1H. The molecule has 3 rings (SSSR count). The van der Waals surface area contributed by atoms with Gasteiger partial charge in [0.15, 0.2) is 0 Å². The number of aromatic nitrogens is 2. The van der Waals surface area contributed by atoms with Crippen molar-refractivity contribution in [2.24, 2.45) is 0 Å². The molecule has 2 aromatic rings. The Hall–Kier alpha value is -1.92. The lowest BCUT2D eigenvalue weighted by molar-refractivity contribution is -0.131. The van der Waals surface area contributed by atoms with Crippen LogP contribution in [0.2, 0.25) is 0 Å². The number of rotatable bonds is 5. The number of halogens is 2. The zero-order chi connectivity index (χ0) is 16.1. The van der Waals surface area contributed by atoms with Crippen molar-refractivity contribution in [1.82, 2.24) is 20.4 Å². The van der Waals surface area contributed by atoms with Crippen molar-refractivity contribution in [3.63, 3.8) is 0 Å². The first-order valence-corrected chi connectivity index (χ1v) is 7.94. The summed E-state index contributed by atoms with van der Waals surface area (Å²) in [6, 6.07) is 8.21. The van der Waals surface area contributed by atoms with Gasteiger partial charge in [0.2, 0.25) is 5.91 Å². The molecule has 24 heavy (non-hydrogen) atoms. The van der Waals surface area contributed by atoms with Gasteiger partial charge >= 0.3 is 0 Å². The Kier molecular flexibility index (Phi) is 6.34. The highest BCUT2D eigenvalue weighted by Gasteiger charge is 2.41. The lowest BCUT2D eigenvalue weighted by Crippen LogP contribution is -2.54. The summed E-state index contributed by atoms with van der Waals surface area (Å²) < 4.78 is 14.7. The van der Waals surface area contributed by atoms with Crippen molar-refractivity contribution in [3.05, 3.63) is 54.1 Å². The smallest absolute Gasteiger partial charge is 0.248 e. The van der Waals surface area contributed by atoms with Crippen LogP contribution in [0.4, 0.5) is 4.39 Å². The fourth-order valence-corrected chi connectivity index (χ4v) is 3.06. The highest BCUT2D eigenvalue weighted by atomic mass is 35.5. The van der Waals surface area contributed by atoms with E-state index < -0.39 is 5.54 Å². The monoisotopic (exact) mass is 352 g/mol. The van der Waals surface area contributed by atoms with Gasteiger partial charge in [-0.2, -0.15) is 5.10 Å². The van der Waals surface area contributed by atoms with Crippen LogP contribution < -0.4 is 10.6 Å². The summed E-state index contributed by atoms with van der Waals surface area (Å²) in [6.07, 6.45) is 5.67. The van der Waals surface area contributed by atoms with E-state index in [4.69, 9.17) is 0 Å². The normalized spacial score (nSPS) is 16.2. The van der Waals surface area contributed by atoms with Crippen LogP contribution in [0.3, 0.4) is 0 Å². The van der Waals surface area contributed by atoms with E-state index in [0.29, 0.717) is 13.0 Å². The van der Waals surface area contributed by atoms with Gasteiger partial charge in [0, 0.05) is 18.9 Å². The second-order valence-electron chi connectivity index (χ2n) is 5.86. The topological polar surface area (TPSA) is 59.0 Å². The SMILES string of the molecule is Cl.O=C(NCCc1ccc(F)cc1)C1(n2cccn2)CCNCC1. The second kappa shape index (κ2) is 8.26. The van der Waals surface area contributed by atoms with Crippen LogP contribution in [0, 0.1) is 5.82 Å². The van der Waals surface area contributed by atoms with Crippen molar-refractivity contribution < 1.29 is 9.18 Å². The average molecular weight is 353 g/mol. The summed E-state index contributed by atoms with van der Waals surface area (Å²) in [4.78, 5) is 12.8. The Labute approximate surface area is 147 Å². The molecule has 1 aromatic carbocycles. The number of hydrogen-bond donors (Lipinski definition) is 2. The first-order chi connectivity index (χ1) is 11.2. The molecule has 2 N–H and O–H groups in total. The molecule has 2 heterocycles. The maximum atomic E-state index is 12.9. The molecular weight excluding hydrogens is 331 g/mol. The van der Waals surface area contributed by atoms with Crippen LogP contribution >= 0.6 is 12.4 Å². The molecule has 1 aliphatic rings. The Bertz CT molecular complexity index is 639. The minimum atomic E-state index is -0.614. The average Bonchev–Trinajstić information content (AvgIpc) is 3.12. The first-order valence-electron chi connectivity index (χ1n) is 7.94. The molecule has 0 bridgehead atoms. The Morgan fingerprint density at radius 1 is 1.29 bits per heavy atom. The predicted octanol–water partition coefficient (Wildman–Crippen LogP) is 1.88. The van der Waals surface area contributed by atoms with Crippen molar-refractivity contribution in [3.8, 4) is 0 Å². The summed E-state index contributed by atoms with van der Waals surface area (Å²) in [5, 5.41) is 10.6. The molecule has 1 aliphatic heterocycles. The Morgan fingerprint density at radius 3 is 2.62 bits per heavy atom. The van der Waals surface area contributed by atoms with Gasteiger partial charge in [0.25, 0.3) is 0 Å². The number of nitrogens with zero attached hydrogens (tertiary/aromatic N) is 2. The van der Waals surface area contributed by atoms with Crippen LogP contribution in [0.25, 0.3) is 0 Å². The van der Waals surface area contributed by atoms with E-state index in [2.05, 4.69) is 15.7 Å². The number of hydrogen-bond acceptors (Lipinski definition) is 3. The summed E-state index contributed by atoms with van der Waals surface area (Å²) >= 11 is 0. The van der Waals surface area contributed by atoms with Crippen molar-refractivity contribution in [2.75, 3.05) is 19.6 Å². The molecule has 5 nitrogen and oxygen atoms in total. The molecule has 1 aromatic heterocycles. The van der Waals surface area contributed by atoms with E-state index >= 15 is 0 Å². The van der Waals surface area contributed by atoms with Gasteiger partial charge in [-0.15, -0.1) is 12.4 Å². The van der Waals surface area contributed by atoms with E-state index in [1.807, 2.05) is 12.3 Å². The minimum Gasteiger partial charge on any atom is -0.354 e. The zero-order valence-electron chi connectivity index (χ0n) is 13.4. The van der Waals surface area contributed by atoms with E-state index in [0.717, 1.165) is 31.5 Å². The number of nitrogens with one attached hydrogen (secondary N) is 2. The summed E-state index contributed by atoms with van der Waals surface area (Å²) in [7, 11) is 0. The molecule has 1 saturated heterocycles. The van der Waals surface area contributed by atoms with E-state index in [1.54, 1.807) is 23.0 Å². The van der Waals surface area contributed by atoms with Gasteiger partial charge in [-0.3, -0.25) is 9.48 Å². The van der Waals surface area contributed by atoms with Crippen molar-refractivity contribution in [1.29, 1.82) is 0 Å². The predicted molar refractivity (Wildman–Crippen MR) is 92.7 cm³/mol. The van der Waals surface area contributed by atoms with Crippen LogP contribution in [0.5, 0.6) is 0 Å². The van der Waals surface area contributed by atoms with Gasteiger partial charge in [-0.05, 0) is 56.1 Å².